The van der Waals surface area contributed by atoms with E-state index in [2.05, 4.69) is 10.3 Å². The van der Waals surface area contributed by atoms with Crippen molar-refractivity contribution in [2.45, 2.75) is 19.3 Å². The minimum Gasteiger partial charge on any atom is -0.351 e. The van der Waals surface area contributed by atoms with E-state index in [-0.39, 0.29) is 5.91 Å². The molecule has 0 aromatic carbocycles. The monoisotopic (exact) mass is 210 g/mol. The van der Waals surface area contributed by atoms with Crippen LogP contribution < -0.4 is 11.1 Å². The molecule has 0 aliphatic heterocycles. The summed E-state index contributed by atoms with van der Waals surface area (Å²) in [5.74, 6) is -0.108. The molecular formula is C10H18N4O. The molecule has 0 radical (unpaired) electrons. The number of carbonyl (C=O) groups is 1. The average molecular weight is 210 g/mol. The van der Waals surface area contributed by atoms with Crippen LogP contribution in [-0.2, 0) is 7.05 Å². The Balaban J connectivity index is 2.19. The molecule has 0 atom stereocenters. The minimum atomic E-state index is -0.108. The molecule has 3 N–H and O–H groups in total. The van der Waals surface area contributed by atoms with Gasteiger partial charge in [0.2, 0.25) is 0 Å². The van der Waals surface area contributed by atoms with E-state index in [1.165, 1.54) is 0 Å². The number of hydrogen-bond donors (Lipinski definition) is 2. The van der Waals surface area contributed by atoms with Gasteiger partial charge in [-0.2, -0.15) is 0 Å². The summed E-state index contributed by atoms with van der Waals surface area (Å²) in [5.41, 5.74) is 5.83. The zero-order valence-corrected chi connectivity index (χ0v) is 9.07. The second-order valence-electron chi connectivity index (χ2n) is 3.53. The van der Waals surface area contributed by atoms with E-state index in [0.29, 0.717) is 18.8 Å². The van der Waals surface area contributed by atoms with Gasteiger partial charge in [0.1, 0.15) is 5.69 Å². The Morgan fingerprint density at radius 3 is 2.93 bits per heavy atom. The van der Waals surface area contributed by atoms with E-state index < -0.39 is 0 Å². The maximum Gasteiger partial charge on any atom is 0.271 e. The molecule has 1 rings (SSSR count). The highest BCUT2D eigenvalue weighted by Gasteiger charge is 2.06. The van der Waals surface area contributed by atoms with Gasteiger partial charge in [0.05, 0.1) is 6.33 Å². The summed E-state index contributed by atoms with van der Waals surface area (Å²) in [4.78, 5) is 15.4. The molecule has 1 amide bonds. The highest BCUT2D eigenvalue weighted by atomic mass is 16.1. The summed E-state index contributed by atoms with van der Waals surface area (Å²) in [6.45, 7) is 1.41. The topological polar surface area (TPSA) is 72.9 Å². The summed E-state index contributed by atoms with van der Waals surface area (Å²) in [7, 11) is 1.84. The van der Waals surface area contributed by atoms with Crippen LogP contribution in [-0.4, -0.2) is 28.5 Å². The molecule has 0 saturated heterocycles. The molecule has 0 fully saturated rings. The standard InChI is InChI=1S/C10H18N4O/c1-14-7-9(13-8-14)10(15)12-6-4-2-3-5-11/h7-8H,2-6,11H2,1H3,(H,12,15). The third-order valence-corrected chi connectivity index (χ3v) is 2.10. The quantitative estimate of drug-likeness (QED) is 0.662. The molecule has 1 heterocycles. The zero-order chi connectivity index (χ0) is 11.1. The van der Waals surface area contributed by atoms with Crippen molar-refractivity contribution >= 4 is 5.91 Å². The lowest BCUT2D eigenvalue weighted by Crippen LogP contribution is -2.24. The molecule has 1 aromatic rings. The van der Waals surface area contributed by atoms with Gasteiger partial charge >= 0.3 is 0 Å². The summed E-state index contributed by atoms with van der Waals surface area (Å²) in [6.07, 6.45) is 6.35. The minimum absolute atomic E-state index is 0.108. The number of nitrogens with two attached hydrogens (primary N) is 1. The molecule has 0 saturated carbocycles. The van der Waals surface area contributed by atoms with E-state index in [0.717, 1.165) is 19.3 Å². The lowest BCUT2D eigenvalue weighted by Gasteiger charge is -2.02. The molecule has 0 bridgehead atoms. The Kier molecular flexibility index (Phi) is 4.83. The van der Waals surface area contributed by atoms with Crippen LogP contribution in [0.1, 0.15) is 29.8 Å². The molecule has 0 aliphatic rings. The van der Waals surface area contributed by atoms with Crippen LogP contribution in [0.5, 0.6) is 0 Å². The molecule has 0 unspecified atom stereocenters. The first kappa shape index (κ1) is 11.7. The predicted molar refractivity (Wildman–Crippen MR) is 58.4 cm³/mol. The Morgan fingerprint density at radius 1 is 1.53 bits per heavy atom. The normalized spacial score (nSPS) is 10.3. The molecule has 84 valence electrons. The van der Waals surface area contributed by atoms with Crippen molar-refractivity contribution in [3.05, 3.63) is 18.2 Å². The van der Waals surface area contributed by atoms with Crippen LogP contribution in [0.3, 0.4) is 0 Å². The summed E-state index contributed by atoms with van der Waals surface area (Å²) in [5, 5.41) is 2.82. The van der Waals surface area contributed by atoms with E-state index in [4.69, 9.17) is 5.73 Å². The third-order valence-electron chi connectivity index (χ3n) is 2.10. The first-order valence-electron chi connectivity index (χ1n) is 5.20. The molecule has 5 nitrogen and oxygen atoms in total. The van der Waals surface area contributed by atoms with E-state index >= 15 is 0 Å². The van der Waals surface area contributed by atoms with Gasteiger partial charge in [-0.3, -0.25) is 4.79 Å². The fraction of sp³-hybridized carbons (Fsp3) is 0.600. The lowest BCUT2D eigenvalue weighted by molar-refractivity contribution is 0.0948. The number of unbranched alkanes of at least 4 members (excludes halogenated alkanes) is 2. The van der Waals surface area contributed by atoms with Crippen LogP contribution in [0.2, 0.25) is 0 Å². The van der Waals surface area contributed by atoms with E-state index in [9.17, 15) is 4.79 Å². The summed E-state index contributed by atoms with van der Waals surface area (Å²) in [6, 6.07) is 0. The lowest BCUT2D eigenvalue weighted by atomic mass is 10.2. The first-order valence-corrected chi connectivity index (χ1v) is 5.20. The van der Waals surface area contributed by atoms with Crippen LogP contribution >= 0.6 is 0 Å². The van der Waals surface area contributed by atoms with E-state index in [1.54, 1.807) is 17.1 Å². The second-order valence-corrected chi connectivity index (χ2v) is 3.53. The third kappa shape index (κ3) is 4.12. The number of rotatable bonds is 6. The predicted octanol–water partition coefficient (Wildman–Crippen LogP) is 0.279. The van der Waals surface area contributed by atoms with Crippen molar-refractivity contribution in [2.75, 3.05) is 13.1 Å². The molecule has 5 heteroatoms. The fourth-order valence-electron chi connectivity index (χ4n) is 1.27. The SMILES string of the molecule is Cn1cnc(C(=O)NCCCCCN)c1. The zero-order valence-electron chi connectivity index (χ0n) is 9.07. The number of hydrogen-bond acceptors (Lipinski definition) is 3. The largest absolute Gasteiger partial charge is 0.351 e. The van der Waals surface area contributed by atoms with Gasteiger partial charge in [0.15, 0.2) is 0 Å². The van der Waals surface area contributed by atoms with Crippen molar-refractivity contribution in [3.8, 4) is 0 Å². The summed E-state index contributed by atoms with van der Waals surface area (Å²) >= 11 is 0. The first-order chi connectivity index (χ1) is 7.24. The Labute approximate surface area is 89.7 Å². The Morgan fingerprint density at radius 2 is 2.33 bits per heavy atom. The maximum atomic E-state index is 11.5. The van der Waals surface area contributed by atoms with Crippen LogP contribution in [0.4, 0.5) is 0 Å². The van der Waals surface area contributed by atoms with Crippen LogP contribution in [0.15, 0.2) is 12.5 Å². The van der Waals surface area contributed by atoms with Crippen molar-refractivity contribution in [3.63, 3.8) is 0 Å². The van der Waals surface area contributed by atoms with E-state index in [1.807, 2.05) is 7.05 Å². The molecule has 0 aliphatic carbocycles. The average Bonchev–Trinajstić information content (AvgIpc) is 2.64. The maximum absolute atomic E-state index is 11.5. The smallest absolute Gasteiger partial charge is 0.271 e. The van der Waals surface area contributed by atoms with Gasteiger partial charge < -0.3 is 15.6 Å². The van der Waals surface area contributed by atoms with Gasteiger partial charge in [0, 0.05) is 19.8 Å². The van der Waals surface area contributed by atoms with Crippen molar-refractivity contribution in [2.24, 2.45) is 12.8 Å². The van der Waals surface area contributed by atoms with Gasteiger partial charge in [-0.15, -0.1) is 0 Å². The highest BCUT2D eigenvalue weighted by Crippen LogP contribution is 1.95. The molecule has 0 spiro atoms. The number of nitrogens with zero attached hydrogens (tertiary/aromatic N) is 2. The number of amides is 1. The van der Waals surface area contributed by atoms with Gasteiger partial charge in [-0.1, -0.05) is 6.42 Å². The number of nitrogens with one attached hydrogen (secondary N) is 1. The van der Waals surface area contributed by atoms with Crippen LogP contribution in [0.25, 0.3) is 0 Å². The summed E-state index contributed by atoms with van der Waals surface area (Å²) < 4.78 is 1.75. The van der Waals surface area contributed by atoms with Crippen molar-refractivity contribution < 1.29 is 4.79 Å². The van der Waals surface area contributed by atoms with Crippen molar-refractivity contribution in [1.29, 1.82) is 0 Å². The second kappa shape index (κ2) is 6.19. The van der Waals surface area contributed by atoms with Crippen LogP contribution in [0, 0.1) is 0 Å². The number of carbonyl (C=O) groups excluding carboxylic acids is 1. The Hall–Kier alpha value is -1.36. The molecular weight excluding hydrogens is 192 g/mol. The number of imidazole rings is 1. The molecule has 1 aromatic heterocycles. The van der Waals surface area contributed by atoms with Gasteiger partial charge in [-0.05, 0) is 19.4 Å². The number of aromatic nitrogens is 2. The van der Waals surface area contributed by atoms with Crippen molar-refractivity contribution in [1.82, 2.24) is 14.9 Å². The highest BCUT2D eigenvalue weighted by molar-refractivity contribution is 5.91. The fourth-order valence-corrected chi connectivity index (χ4v) is 1.27. The molecule has 15 heavy (non-hydrogen) atoms. The Bertz CT molecular complexity index is 308. The number of aryl methyl sites for hydroxylation is 1. The van der Waals surface area contributed by atoms with Gasteiger partial charge in [-0.25, -0.2) is 4.98 Å². The van der Waals surface area contributed by atoms with Gasteiger partial charge in [0.25, 0.3) is 5.91 Å².